The molecule has 15 heavy (non-hydrogen) atoms. The van der Waals surface area contributed by atoms with Gasteiger partial charge in [0.2, 0.25) is 0 Å². The molecule has 0 aliphatic heterocycles. The highest BCUT2D eigenvalue weighted by Gasteiger charge is 1.94. The quantitative estimate of drug-likeness (QED) is 0.565. The number of rotatable bonds is 6. The van der Waals surface area contributed by atoms with E-state index in [0.29, 0.717) is 6.54 Å². The Bertz CT molecular complexity index is 310. The van der Waals surface area contributed by atoms with Gasteiger partial charge in [0.25, 0.3) is 0 Å². The third kappa shape index (κ3) is 4.53. The van der Waals surface area contributed by atoms with Crippen molar-refractivity contribution >= 4 is 0 Å². The van der Waals surface area contributed by atoms with E-state index >= 15 is 0 Å². The van der Waals surface area contributed by atoms with Crippen LogP contribution < -0.4 is 10.1 Å². The summed E-state index contributed by atoms with van der Waals surface area (Å²) < 4.78 is 5.48. The van der Waals surface area contributed by atoms with Gasteiger partial charge < -0.3 is 10.1 Å². The standard InChI is InChI=1S/C13H17NO/c1-3-9-14-11-12-5-7-13(8-6-12)15-10-4-2/h1,5-8,14H,4,9-11H2,2H3. The average molecular weight is 203 g/mol. The van der Waals surface area contributed by atoms with Crippen LogP contribution in [-0.2, 0) is 6.54 Å². The van der Waals surface area contributed by atoms with E-state index in [1.54, 1.807) is 0 Å². The summed E-state index contributed by atoms with van der Waals surface area (Å²) in [4.78, 5) is 0. The summed E-state index contributed by atoms with van der Waals surface area (Å²) >= 11 is 0. The van der Waals surface area contributed by atoms with Gasteiger partial charge in [0.1, 0.15) is 5.75 Å². The van der Waals surface area contributed by atoms with Crippen molar-refractivity contribution in [1.82, 2.24) is 5.32 Å². The van der Waals surface area contributed by atoms with E-state index in [1.807, 2.05) is 12.1 Å². The van der Waals surface area contributed by atoms with E-state index in [9.17, 15) is 0 Å². The molecular formula is C13H17NO. The lowest BCUT2D eigenvalue weighted by Crippen LogP contribution is -2.12. The maximum atomic E-state index is 5.48. The molecule has 0 amide bonds. The smallest absolute Gasteiger partial charge is 0.119 e. The Morgan fingerprint density at radius 2 is 2.07 bits per heavy atom. The van der Waals surface area contributed by atoms with Crippen LogP contribution in [0, 0.1) is 12.3 Å². The van der Waals surface area contributed by atoms with Crippen LogP contribution >= 0.6 is 0 Å². The first-order valence-electron chi connectivity index (χ1n) is 5.22. The van der Waals surface area contributed by atoms with Crippen molar-refractivity contribution < 1.29 is 4.74 Å². The third-order valence-electron chi connectivity index (χ3n) is 1.95. The maximum absolute atomic E-state index is 5.48. The second-order valence-corrected chi connectivity index (χ2v) is 3.30. The number of hydrogen-bond acceptors (Lipinski definition) is 2. The van der Waals surface area contributed by atoms with Gasteiger partial charge in [-0.15, -0.1) is 6.42 Å². The highest BCUT2D eigenvalue weighted by Crippen LogP contribution is 2.12. The summed E-state index contributed by atoms with van der Waals surface area (Å²) in [5.41, 5.74) is 1.22. The molecule has 80 valence electrons. The molecule has 0 unspecified atom stereocenters. The van der Waals surface area contributed by atoms with Crippen molar-refractivity contribution in [2.45, 2.75) is 19.9 Å². The van der Waals surface area contributed by atoms with Crippen LogP contribution in [0.25, 0.3) is 0 Å². The Hall–Kier alpha value is -1.46. The molecule has 0 atom stereocenters. The fraction of sp³-hybridized carbons (Fsp3) is 0.385. The molecule has 0 saturated heterocycles. The summed E-state index contributed by atoms with van der Waals surface area (Å²) in [7, 11) is 0. The molecule has 2 nitrogen and oxygen atoms in total. The van der Waals surface area contributed by atoms with Gasteiger partial charge in [0, 0.05) is 6.54 Å². The predicted molar refractivity (Wildman–Crippen MR) is 62.8 cm³/mol. The van der Waals surface area contributed by atoms with E-state index < -0.39 is 0 Å². The lowest BCUT2D eigenvalue weighted by atomic mass is 10.2. The molecule has 1 aromatic carbocycles. The van der Waals surface area contributed by atoms with Gasteiger partial charge in [-0.1, -0.05) is 25.0 Å². The van der Waals surface area contributed by atoms with Gasteiger partial charge >= 0.3 is 0 Å². The molecule has 1 N–H and O–H groups in total. The Morgan fingerprint density at radius 1 is 1.33 bits per heavy atom. The number of ether oxygens (including phenoxy) is 1. The first kappa shape index (κ1) is 11.6. The normalized spacial score (nSPS) is 9.60. The molecule has 0 saturated carbocycles. The second kappa shape index (κ2) is 6.92. The zero-order valence-corrected chi connectivity index (χ0v) is 9.12. The van der Waals surface area contributed by atoms with Crippen LogP contribution in [0.2, 0.25) is 0 Å². The molecule has 0 aliphatic carbocycles. The molecule has 0 heterocycles. The van der Waals surface area contributed by atoms with Crippen molar-refractivity contribution in [3.05, 3.63) is 29.8 Å². The zero-order chi connectivity index (χ0) is 10.9. The van der Waals surface area contributed by atoms with E-state index in [-0.39, 0.29) is 0 Å². The van der Waals surface area contributed by atoms with Crippen molar-refractivity contribution in [1.29, 1.82) is 0 Å². The molecule has 0 aromatic heterocycles. The van der Waals surface area contributed by atoms with Crippen LogP contribution in [-0.4, -0.2) is 13.2 Å². The number of nitrogens with one attached hydrogen (secondary N) is 1. The van der Waals surface area contributed by atoms with Crippen LogP contribution in [0.15, 0.2) is 24.3 Å². The zero-order valence-electron chi connectivity index (χ0n) is 9.12. The SMILES string of the molecule is C#CCNCc1ccc(OCCC)cc1. The molecule has 2 heteroatoms. The largest absolute Gasteiger partial charge is 0.494 e. The first-order chi connectivity index (χ1) is 7.36. The summed E-state index contributed by atoms with van der Waals surface area (Å²) in [5, 5.41) is 3.14. The first-order valence-corrected chi connectivity index (χ1v) is 5.22. The van der Waals surface area contributed by atoms with Gasteiger partial charge in [0.15, 0.2) is 0 Å². The molecule has 1 rings (SSSR count). The summed E-state index contributed by atoms with van der Waals surface area (Å²) in [6.45, 7) is 4.28. The Labute approximate surface area is 91.6 Å². The van der Waals surface area contributed by atoms with Crippen molar-refractivity contribution in [2.75, 3.05) is 13.2 Å². The van der Waals surface area contributed by atoms with Gasteiger partial charge in [-0.25, -0.2) is 0 Å². The van der Waals surface area contributed by atoms with E-state index in [0.717, 1.165) is 25.3 Å². The Balaban J connectivity index is 2.39. The van der Waals surface area contributed by atoms with Crippen molar-refractivity contribution in [3.8, 4) is 18.1 Å². The van der Waals surface area contributed by atoms with E-state index in [4.69, 9.17) is 11.2 Å². The van der Waals surface area contributed by atoms with Crippen molar-refractivity contribution in [2.24, 2.45) is 0 Å². The summed E-state index contributed by atoms with van der Waals surface area (Å²) in [6.07, 6.45) is 6.17. The molecular weight excluding hydrogens is 186 g/mol. The second-order valence-electron chi connectivity index (χ2n) is 3.30. The third-order valence-corrected chi connectivity index (χ3v) is 1.95. The lowest BCUT2D eigenvalue weighted by Gasteiger charge is -2.05. The number of hydrogen-bond donors (Lipinski definition) is 1. The summed E-state index contributed by atoms with van der Waals surface area (Å²) in [6, 6.07) is 8.08. The Morgan fingerprint density at radius 3 is 2.67 bits per heavy atom. The Kier molecular flexibility index (Phi) is 5.35. The average Bonchev–Trinajstić information content (AvgIpc) is 2.28. The minimum Gasteiger partial charge on any atom is -0.494 e. The minimum absolute atomic E-state index is 0.605. The maximum Gasteiger partial charge on any atom is 0.119 e. The van der Waals surface area contributed by atoms with Crippen molar-refractivity contribution in [3.63, 3.8) is 0 Å². The fourth-order valence-electron chi connectivity index (χ4n) is 1.20. The van der Waals surface area contributed by atoms with Crippen LogP contribution in [0.1, 0.15) is 18.9 Å². The molecule has 0 aliphatic rings. The topological polar surface area (TPSA) is 21.3 Å². The highest BCUT2D eigenvalue weighted by atomic mass is 16.5. The number of terminal acetylenes is 1. The monoisotopic (exact) mass is 203 g/mol. The molecule has 0 spiro atoms. The van der Waals surface area contributed by atoms with Crippen LogP contribution in [0.5, 0.6) is 5.75 Å². The van der Waals surface area contributed by atoms with E-state index in [1.165, 1.54) is 5.56 Å². The lowest BCUT2D eigenvalue weighted by molar-refractivity contribution is 0.317. The van der Waals surface area contributed by atoms with Gasteiger partial charge in [-0.2, -0.15) is 0 Å². The molecule has 0 bridgehead atoms. The van der Waals surface area contributed by atoms with Crippen LogP contribution in [0.4, 0.5) is 0 Å². The van der Waals surface area contributed by atoms with Gasteiger partial charge in [-0.3, -0.25) is 0 Å². The van der Waals surface area contributed by atoms with Gasteiger partial charge in [-0.05, 0) is 24.1 Å². The van der Waals surface area contributed by atoms with E-state index in [2.05, 4.69) is 30.3 Å². The fourth-order valence-corrected chi connectivity index (χ4v) is 1.20. The minimum atomic E-state index is 0.605. The molecule has 1 aromatic rings. The number of benzene rings is 1. The molecule has 0 fully saturated rings. The summed E-state index contributed by atoms with van der Waals surface area (Å²) in [5.74, 6) is 3.47. The molecule has 0 radical (unpaired) electrons. The van der Waals surface area contributed by atoms with Gasteiger partial charge in [0.05, 0.1) is 13.2 Å². The predicted octanol–water partition coefficient (Wildman–Crippen LogP) is 2.20. The highest BCUT2D eigenvalue weighted by molar-refractivity contribution is 5.27. The van der Waals surface area contributed by atoms with Crippen LogP contribution in [0.3, 0.4) is 0 Å².